The second kappa shape index (κ2) is 5.89. The third kappa shape index (κ3) is 2.96. The van der Waals surface area contributed by atoms with E-state index >= 15 is 0 Å². The molecule has 0 atom stereocenters. The van der Waals surface area contributed by atoms with Gasteiger partial charge >= 0.3 is 0 Å². The summed E-state index contributed by atoms with van der Waals surface area (Å²) in [6, 6.07) is 7.45. The minimum absolute atomic E-state index is 0.392. The minimum Gasteiger partial charge on any atom is -0.490 e. The van der Waals surface area contributed by atoms with Gasteiger partial charge in [0.2, 0.25) is 5.88 Å². The number of para-hydroxylation sites is 2. The topological polar surface area (TPSA) is 44.2 Å². The largest absolute Gasteiger partial charge is 0.490 e. The van der Waals surface area contributed by atoms with Crippen LogP contribution in [0.3, 0.4) is 0 Å². The van der Waals surface area contributed by atoms with E-state index in [4.69, 9.17) is 21.1 Å². The molecule has 0 aliphatic heterocycles. The summed E-state index contributed by atoms with van der Waals surface area (Å²) < 4.78 is 11.3. The highest BCUT2D eigenvalue weighted by Crippen LogP contribution is 2.32. The molecule has 0 unspecified atom stereocenters. The third-order valence-corrected chi connectivity index (χ3v) is 3.14. The minimum atomic E-state index is 0.392. The zero-order chi connectivity index (χ0) is 13.8. The second-order valence-electron chi connectivity index (χ2n) is 4.03. The van der Waals surface area contributed by atoms with Crippen LogP contribution in [0.5, 0.6) is 17.4 Å². The van der Waals surface area contributed by atoms with Crippen LogP contribution in [0.25, 0.3) is 0 Å². The van der Waals surface area contributed by atoms with E-state index in [0.717, 1.165) is 11.1 Å². The van der Waals surface area contributed by atoms with Crippen LogP contribution in [0.1, 0.15) is 18.1 Å². The Labute approximate surface area is 117 Å². The molecule has 2 aromatic rings. The molecule has 0 radical (unpaired) electrons. The highest BCUT2D eigenvalue weighted by atomic mass is 35.5. The van der Waals surface area contributed by atoms with Crippen LogP contribution < -0.4 is 9.47 Å². The quantitative estimate of drug-likeness (QED) is 0.850. The predicted octanol–water partition coefficient (Wildman–Crippen LogP) is 3.94. The fourth-order valence-electron chi connectivity index (χ4n) is 1.56. The van der Waals surface area contributed by atoms with E-state index in [2.05, 4.69) is 10.2 Å². The standard InChI is InChI=1S/C14H15ClN2O2/c1-4-18-11-7-5-6-8-12(11)19-14-10(3)9(2)13(15)16-17-14/h5-8H,4H2,1-3H3. The van der Waals surface area contributed by atoms with E-state index in [1.165, 1.54) is 0 Å². The number of benzene rings is 1. The molecular formula is C14H15ClN2O2. The first-order valence-electron chi connectivity index (χ1n) is 6.02. The first-order chi connectivity index (χ1) is 9.13. The Bertz CT molecular complexity index is 588. The molecule has 0 aliphatic rings. The summed E-state index contributed by atoms with van der Waals surface area (Å²) in [6.45, 7) is 6.28. The number of rotatable bonds is 4. The van der Waals surface area contributed by atoms with Gasteiger partial charge in [0.05, 0.1) is 6.61 Å². The van der Waals surface area contributed by atoms with Gasteiger partial charge in [-0.25, -0.2) is 0 Å². The van der Waals surface area contributed by atoms with Crippen molar-refractivity contribution in [3.05, 3.63) is 40.5 Å². The second-order valence-corrected chi connectivity index (χ2v) is 4.39. The smallest absolute Gasteiger partial charge is 0.242 e. The van der Waals surface area contributed by atoms with E-state index in [0.29, 0.717) is 29.1 Å². The molecule has 1 heterocycles. The Morgan fingerprint density at radius 2 is 1.74 bits per heavy atom. The molecule has 0 spiro atoms. The summed E-state index contributed by atoms with van der Waals surface area (Å²) in [4.78, 5) is 0. The van der Waals surface area contributed by atoms with Crippen LogP contribution in [0.4, 0.5) is 0 Å². The average Bonchev–Trinajstić information content (AvgIpc) is 2.42. The Morgan fingerprint density at radius 1 is 1.05 bits per heavy atom. The SMILES string of the molecule is CCOc1ccccc1Oc1nnc(Cl)c(C)c1C. The molecule has 0 N–H and O–H groups in total. The fourth-order valence-corrected chi connectivity index (χ4v) is 1.74. The van der Waals surface area contributed by atoms with Crippen LogP contribution in [0.15, 0.2) is 24.3 Å². The molecule has 0 saturated heterocycles. The lowest BCUT2D eigenvalue weighted by molar-refractivity contribution is 0.318. The van der Waals surface area contributed by atoms with E-state index in [1.807, 2.05) is 45.0 Å². The summed E-state index contributed by atoms with van der Waals surface area (Å²) >= 11 is 5.92. The van der Waals surface area contributed by atoms with Crippen LogP contribution in [-0.2, 0) is 0 Å². The number of ether oxygens (including phenoxy) is 2. The highest BCUT2D eigenvalue weighted by Gasteiger charge is 2.12. The van der Waals surface area contributed by atoms with Gasteiger partial charge in [0.15, 0.2) is 16.7 Å². The van der Waals surface area contributed by atoms with Crippen molar-refractivity contribution in [3.8, 4) is 17.4 Å². The lowest BCUT2D eigenvalue weighted by Gasteiger charge is -2.12. The number of halogens is 1. The molecule has 100 valence electrons. The molecule has 2 rings (SSSR count). The van der Waals surface area contributed by atoms with Crippen LogP contribution in [0.2, 0.25) is 5.15 Å². The van der Waals surface area contributed by atoms with Crippen LogP contribution in [0, 0.1) is 13.8 Å². The molecule has 0 fully saturated rings. The van der Waals surface area contributed by atoms with Crippen LogP contribution >= 0.6 is 11.6 Å². The van der Waals surface area contributed by atoms with E-state index in [-0.39, 0.29) is 0 Å². The normalized spacial score (nSPS) is 10.3. The van der Waals surface area contributed by atoms with Gasteiger partial charge < -0.3 is 9.47 Å². The summed E-state index contributed by atoms with van der Waals surface area (Å²) in [6.07, 6.45) is 0. The molecular weight excluding hydrogens is 264 g/mol. The predicted molar refractivity (Wildman–Crippen MR) is 74.2 cm³/mol. The molecule has 1 aromatic heterocycles. The zero-order valence-electron chi connectivity index (χ0n) is 11.1. The number of hydrogen-bond acceptors (Lipinski definition) is 4. The van der Waals surface area contributed by atoms with Gasteiger partial charge in [0.25, 0.3) is 0 Å². The van der Waals surface area contributed by atoms with E-state index in [1.54, 1.807) is 0 Å². The average molecular weight is 279 g/mol. The lowest BCUT2D eigenvalue weighted by atomic mass is 10.2. The van der Waals surface area contributed by atoms with Gasteiger partial charge in [-0.1, -0.05) is 23.7 Å². The monoisotopic (exact) mass is 278 g/mol. The molecule has 5 heteroatoms. The molecule has 0 saturated carbocycles. The van der Waals surface area contributed by atoms with Crippen molar-refractivity contribution in [2.45, 2.75) is 20.8 Å². The maximum atomic E-state index is 5.92. The van der Waals surface area contributed by atoms with Gasteiger partial charge in [0, 0.05) is 5.56 Å². The Balaban J connectivity index is 2.34. The van der Waals surface area contributed by atoms with E-state index in [9.17, 15) is 0 Å². The molecule has 4 nitrogen and oxygen atoms in total. The van der Waals surface area contributed by atoms with Crippen molar-refractivity contribution in [1.82, 2.24) is 10.2 Å². The maximum absolute atomic E-state index is 5.92. The summed E-state index contributed by atoms with van der Waals surface area (Å²) in [5.74, 6) is 1.73. The van der Waals surface area contributed by atoms with Crippen molar-refractivity contribution >= 4 is 11.6 Å². The van der Waals surface area contributed by atoms with Crippen molar-refractivity contribution in [2.75, 3.05) is 6.61 Å². The van der Waals surface area contributed by atoms with Crippen molar-refractivity contribution in [2.24, 2.45) is 0 Å². The molecule has 19 heavy (non-hydrogen) atoms. The van der Waals surface area contributed by atoms with Crippen molar-refractivity contribution in [3.63, 3.8) is 0 Å². The number of aromatic nitrogens is 2. The third-order valence-electron chi connectivity index (χ3n) is 2.78. The fraction of sp³-hybridized carbons (Fsp3) is 0.286. The number of hydrogen-bond donors (Lipinski definition) is 0. The summed E-state index contributed by atoms with van der Waals surface area (Å²) in [5.41, 5.74) is 1.73. The maximum Gasteiger partial charge on any atom is 0.242 e. The van der Waals surface area contributed by atoms with Crippen molar-refractivity contribution < 1.29 is 9.47 Å². The van der Waals surface area contributed by atoms with Crippen molar-refractivity contribution in [1.29, 1.82) is 0 Å². The van der Waals surface area contributed by atoms with Gasteiger partial charge in [-0.3, -0.25) is 0 Å². The van der Waals surface area contributed by atoms with Gasteiger partial charge in [0.1, 0.15) is 0 Å². The van der Waals surface area contributed by atoms with E-state index < -0.39 is 0 Å². The summed E-state index contributed by atoms with van der Waals surface area (Å²) in [7, 11) is 0. The first-order valence-corrected chi connectivity index (χ1v) is 6.40. The zero-order valence-corrected chi connectivity index (χ0v) is 11.9. The number of nitrogens with zero attached hydrogens (tertiary/aromatic N) is 2. The summed E-state index contributed by atoms with van der Waals surface area (Å²) in [5, 5.41) is 8.23. The van der Waals surface area contributed by atoms with Gasteiger partial charge in [-0.15, -0.1) is 10.2 Å². The highest BCUT2D eigenvalue weighted by molar-refractivity contribution is 6.30. The Hall–Kier alpha value is -1.81. The van der Waals surface area contributed by atoms with Crippen LogP contribution in [-0.4, -0.2) is 16.8 Å². The molecule has 1 aromatic carbocycles. The lowest BCUT2D eigenvalue weighted by Crippen LogP contribution is -2.00. The Kier molecular flexibility index (Phi) is 4.22. The first kappa shape index (κ1) is 13.6. The Morgan fingerprint density at radius 3 is 2.42 bits per heavy atom. The molecule has 0 aliphatic carbocycles. The van der Waals surface area contributed by atoms with Gasteiger partial charge in [-0.2, -0.15) is 0 Å². The van der Waals surface area contributed by atoms with Gasteiger partial charge in [-0.05, 0) is 38.5 Å². The molecule has 0 bridgehead atoms. The molecule has 0 amide bonds.